The summed E-state index contributed by atoms with van der Waals surface area (Å²) >= 11 is 0. The van der Waals surface area contributed by atoms with Crippen LogP contribution in [0.15, 0.2) is 49.1 Å². The average molecular weight is 227 g/mol. The zero-order valence-corrected chi connectivity index (χ0v) is 10.0. The van der Waals surface area contributed by atoms with Crippen molar-refractivity contribution in [1.29, 1.82) is 0 Å². The van der Waals surface area contributed by atoms with E-state index in [-0.39, 0.29) is 6.04 Å². The molecule has 2 aromatic carbocycles. The lowest BCUT2D eigenvalue weighted by atomic mass is 9.96. The molecule has 2 aromatic rings. The molecule has 0 fully saturated rings. The fraction of sp³-hybridized carbons (Fsp3) is 0.200. The predicted molar refractivity (Wildman–Crippen MR) is 72.2 cm³/mol. The molecule has 0 aliphatic carbocycles. The first-order chi connectivity index (χ1) is 8.27. The molecule has 0 unspecified atom stereocenters. The van der Waals surface area contributed by atoms with Crippen LogP contribution in [0.4, 0.5) is 0 Å². The Hall–Kier alpha value is -1.80. The summed E-state index contributed by atoms with van der Waals surface area (Å²) in [7, 11) is 1.67. The van der Waals surface area contributed by atoms with Crippen molar-refractivity contribution in [3.05, 3.63) is 54.6 Å². The predicted octanol–water partition coefficient (Wildman–Crippen LogP) is 3.42. The third-order valence-electron chi connectivity index (χ3n) is 2.94. The minimum atomic E-state index is -0.0754. The van der Waals surface area contributed by atoms with Crippen LogP contribution in [0.1, 0.15) is 18.0 Å². The normalized spacial score (nSPS) is 12.4. The molecule has 0 spiro atoms. The van der Waals surface area contributed by atoms with Gasteiger partial charge < -0.3 is 10.5 Å². The van der Waals surface area contributed by atoms with Gasteiger partial charge in [0.15, 0.2) is 0 Å². The zero-order valence-electron chi connectivity index (χ0n) is 10.0. The molecular weight excluding hydrogens is 210 g/mol. The number of methoxy groups -OCH3 is 1. The average Bonchev–Trinajstić information content (AvgIpc) is 2.37. The van der Waals surface area contributed by atoms with Crippen molar-refractivity contribution in [3.8, 4) is 5.75 Å². The van der Waals surface area contributed by atoms with Crippen molar-refractivity contribution in [2.24, 2.45) is 5.73 Å². The molecule has 0 saturated heterocycles. The summed E-state index contributed by atoms with van der Waals surface area (Å²) in [5.41, 5.74) is 7.26. The smallest absolute Gasteiger partial charge is 0.124 e. The maximum absolute atomic E-state index is 6.20. The highest BCUT2D eigenvalue weighted by atomic mass is 16.5. The van der Waals surface area contributed by atoms with Gasteiger partial charge in [-0.1, -0.05) is 36.4 Å². The highest BCUT2D eigenvalue weighted by Gasteiger charge is 2.14. The van der Waals surface area contributed by atoms with Gasteiger partial charge in [-0.2, -0.15) is 0 Å². The maximum atomic E-state index is 6.20. The molecule has 2 N–H and O–H groups in total. The van der Waals surface area contributed by atoms with E-state index in [0.717, 1.165) is 23.1 Å². The van der Waals surface area contributed by atoms with Gasteiger partial charge in [0.2, 0.25) is 0 Å². The van der Waals surface area contributed by atoms with E-state index in [1.54, 1.807) is 7.11 Å². The third-order valence-corrected chi connectivity index (χ3v) is 2.94. The van der Waals surface area contributed by atoms with Gasteiger partial charge in [0.05, 0.1) is 7.11 Å². The minimum absolute atomic E-state index is 0.0754. The van der Waals surface area contributed by atoms with Crippen LogP contribution < -0.4 is 10.5 Å². The lowest BCUT2D eigenvalue weighted by molar-refractivity contribution is 0.407. The summed E-state index contributed by atoms with van der Waals surface area (Å²) in [4.78, 5) is 0. The van der Waals surface area contributed by atoms with Gasteiger partial charge in [0, 0.05) is 11.6 Å². The van der Waals surface area contributed by atoms with E-state index >= 15 is 0 Å². The molecule has 0 heterocycles. The van der Waals surface area contributed by atoms with Crippen molar-refractivity contribution in [2.75, 3.05) is 7.11 Å². The van der Waals surface area contributed by atoms with Crippen molar-refractivity contribution in [2.45, 2.75) is 12.5 Å². The van der Waals surface area contributed by atoms with Gasteiger partial charge in [-0.15, -0.1) is 6.58 Å². The Balaban J connectivity index is 2.66. The summed E-state index contributed by atoms with van der Waals surface area (Å²) in [6.07, 6.45) is 2.58. The zero-order chi connectivity index (χ0) is 12.3. The Kier molecular flexibility index (Phi) is 3.45. The van der Waals surface area contributed by atoms with Crippen LogP contribution in [0.5, 0.6) is 5.75 Å². The summed E-state index contributed by atoms with van der Waals surface area (Å²) in [5.74, 6) is 0.845. The Morgan fingerprint density at radius 3 is 2.76 bits per heavy atom. The molecule has 0 aromatic heterocycles. The number of ether oxygens (including phenoxy) is 1. The number of fused-ring (bicyclic) bond motifs is 1. The van der Waals surface area contributed by atoms with E-state index in [2.05, 4.69) is 24.8 Å². The fourth-order valence-corrected chi connectivity index (χ4v) is 2.13. The first kappa shape index (κ1) is 11.7. The van der Waals surface area contributed by atoms with E-state index in [1.807, 2.05) is 24.3 Å². The van der Waals surface area contributed by atoms with Crippen molar-refractivity contribution >= 4 is 10.8 Å². The van der Waals surface area contributed by atoms with Crippen molar-refractivity contribution in [1.82, 2.24) is 0 Å². The van der Waals surface area contributed by atoms with Crippen LogP contribution >= 0.6 is 0 Å². The minimum Gasteiger partial charge on any atom is -0.496 e. The van der Waals surface area contributed by atoms with Gasteiger partial charge in [0.25, 0.3) is 0 Å². The Labute approximate surface area is 102 Å². The van der Waals surface area contributed by atoms with Gasteiger partial charge >= 0.3 is 0 Å². The SMILES string of the molecule is C=CC[C@H](N)c1c(OC)ccc2ccccc12. The van der Waals surface area contributed by atoms with Gasteiger partial charge in [-0.05, 0) is 23.3 Å². The first-order valence-electron chi connectivity index (χ1n) is 5.70. The van der Waals surface area contributed by atoms with Crippen LogP contribution in [0.2, 0.25) is 0 Å². The molecule has 2 rings (SSSR count). The number of hydrogen-bond acceptors (Lipinski definition) is 2. The number of rotatable bonds is 4. The second kappa shape index (κ2) is 5.02. The Morgan fingerprint density at radius 1 is 1.29 bits per heavy atom. The molecule has 0 amide bonds. The van der Waals surface area contributed by atoms with E-state index < -0.39 is 0 Å². The molecule has 1 atom stereocenters. The Morgan fingerprint density at radius 2 is 2.06 bits per heavy atom. The molecule has 88 valence electrons. The molecule has 2 nitrogen and oxygen atoms in total. The van der Waals surface area contributed by atoms with E-state index in [4.69, 9.17) is 10.5 Å². The summed E-state index contributed by atoms with van der Waals surface area (Å²) in [6.45, 7) is 3.74. The molecule has 2 heteroatoms. The first-order valence-corrected chi connectivity index (χ1v) is 5.70. The lowest BCUT2D eigenvalue weighted by Crippen LogP contribution is -2.11. The monoisotopic (exact) mass is 227 g/mol. The maximum Gasteiger partial charge on any atom is 0.124 e. The third kappa shape index (κ3) is 2.17. The fourth-order valence-electron chi connectivity index (χ4n) is 2.13. The Bertz CT molecular complexity index is 533. The molecular formula is C15H17NO. The van der Waals surface area contributed by atoms with Gasteiger partial charge in [0.1, 0.15) is 5.75 Å². The number of hydrogen-bond donors (Lipinski definition) is 1. The number of nitrogens with two attached hydrogens (primary N) is 1. The summed E-state index contributed by atoms with van der Waals surface area (Å²) < 4.78 is 5.41. The van der Waals surface area contributed by atoms with E-state index in [9.17, 15) is 0 Å². The van der Waals surface area contributed by atoms with Crippen LogP contribution in [0, 0.1) is 0 Å². The molecule has 0 saturated carbocycles. The van der Waals surface area contributed by atoms with Crippen LogP contribution in [0.3, 0.4) is 0 Å². The molecule has 0 aliphatic rings. The number of benzene rings is 2. The van der Waals surface area contributed by atoms with Crippen molar-refractivity contribution < 1.29 is 4.74 Å². The van der Waals surface area contributed by atoms with E-state index in [1.165, 1.54) is 5.39 Å². The molecule has 0 bridgehead atoms. The lowest BCUT2D eigenvalue weighted by Gasteiger charge is -2.17. The van der Waals surface area contributed by atoms with Crippen LogP contribution in [0.25, 0.3) is 10.8 Å². The summed E-state index contributed by atoms with van der Waals surface area (Å²) in [5, 5.41) is 2.34. The molecule has 0 radical (unpaired) electrons. The second-order valence-corrected chi connectivity index (χ2v) is 4.03. The van der Waals surface area contributed by atoms with Gasteiger partial charge in [-0.3, -0.25) is 0 Å². The topological polar surface area (TPSA) is 35.2 Å². The molecule has 0 aliphatic heterocycles. The van der Waals surface area contributed by atoms with Crippen LogP contribution in [-0.4, -0.2) is 7.11 Å². The van der Waals surface area contributed by atoms with Gasteiger partial charge in [-0.25, -0.2) is 0 Å². The van der Waals surface area contributed by atoms with E-state index in [0.29, 0.717) is 0 Å². The standard InChI is InChI=1S/C15H17NO/c1-3-6-13(16)15-12-8-5-4-7-11(12)9-10-14(15)17-2/h3-5,7-10,13H,1,6,16H2,2H3/t13-/m0/s1. The largest absolute Gasteiger partial charge is 0.496 e. The highest BCUT2D eigenvalue weighted by Crippen LogP contribution is 2.33. The quantitative estimate of drug-likeness (QED) is 0.812. The molecule has 17 heavy (non-hydrogen) atoms. The van der Waals surface area contributed by atoms with Crippen LogP contribution in [-0.2, 0) is 0 Å². The van der Waals surface area contributed by atoms with Crippen molar-refractivity contribution in [3.63, 3.8) is 0 Å². The highest BCUT2D eigenvalue weighted by molar-refractivity contribution is 5.88. The second-order valence-electron chi connectivity index (χ2n) is 4.03. The summed E-state index contributed by atoms with van der Waals surface area (Å²) in [6, 6.07) is 12.2.